The average Bonchev–Trinajstić information content (AvgIpc) is 2.83. The van der Waals surface area contributed by atoms with Crippen LogP contribution in [0.5, 0.6) is 0 Å². The predicted molar refractivity (Wildman–Crippen MR) is 152 cm³/mol. The van der Waals surface area contributed by atoms with Crippen molar-refractivity contribution in [2.75, 3.05) is 17.1 Å². The molecule has 2 amide bonds. The van der Waals surface area contributed by atoms with Gasteiger partial charge < -0.3 is 10.2 Å². The number of hydrogen-bond donors (Lipinski definition) is 1. The predicted octanol–water partition coefficient (Wildman–Crippen LogP) is 5.49. The normalized spacial score (nSPS) is 13.1. The van der Waals surface area contributed by atoms with Gasteiger partial charge in [-0.3, -0.25) is 13.9 Å². The molecule has 2 aromatic carbocycles. The number of carbonyl (C=O) groups is 2. The number of amides is 2. The van der Waals surface area contributed by atoms with E-state index in [9.17, 15) is 18.0 Å². The van der Waals surface area contributed by atoms with Gasteiger partial charge in [-0.05, 0) is 75.4 Å². The number of hydrogen-bond acceptors (Lipinski definition) is 4. The molecule has 1 N–H and O–H groups in total. The molecule has 204 valence electrons. The van der Waals surface area contributed by atoms with Gasteiger partial charge in [0.15, 0.2) is 0 Å². The second-order valence-electron chi connectivity index (χ2n) is 9.42. The van der Waals surface area contributed by atoms with Gasteiger partial charge >= 0.3 is 0 Å². The molecule has 0 unspecified atom stereocenters. The Morgan fingerprint density at radius 3 is 2.32 bits per heavy atom. The van der Waals surface area contributed by atoms with Gasteiger partial charge in [0.2, 0.25) is 21.8 Å². The average molecular weight is 571 g/mol. The summed E-state index contributed by atoms with van der Waals surface area (Å²) < 4.78 is 26.5. The Labute approximate surface area is 231 Å². The van der Waals surface area contributed by atoms with Crippen LogP contribution >= 0.6 is 23.2 Å². The third-order valence-electron chi connectivity index (χ3n) is 6.50. The van der Waals surface area contributed by atoms with Crippen molar-refractivity contribution >= 4 is 50.7 Å². The van der Waals surface area contributed by atoms with Crippen molar-refractivity contribution < 1.29 is 18.0 Å². The van der Waals surface area contributed by atoms with Crippen molar-refractivity contribution in [3.8, 4) is 0 Å². The van der Waals surface area contributed by atoms with Gasteiger partial charge in [0, 0.05) is 25.6 Å². The largest absolute Gasteiger partial charge is 0.352 e. The molecule has 0 aliphatic rings. The zero-order chi connectivity index (χ0) is 27.9. The van der Waals surface area contributed by atoms with E-state index in [1.54, 1.807) is 31.2 Å². The Hall–Kier alpha value is -2.29. The topological polar surface area (TPSA) is 86.8 Å². The number of nitrogens with one attached hydrogen (secondary N) is 1. The third-order valence-corrected chi connectivity index (χ3v) is 8.42. The summed E-state index contributed by atoms with van der Waals surface area (Å²) in [6.45, 7) is 9.67. The fraction of sp³-hybridized carbons (Fsp3) is 0.481. The molecule has 0 aliphatic heterocycles. The summed E-state index contributed by atoms with van der Waals surface area (Å²) >= 11 is 12.2. The second kappa shape index (κ2) is 13.5. The highest BCUT2D eigenvalue weighted by molar-refractivity contribution is 7.92. The molecule has 0 saturated carbocycles. The van der Waals surface area contributed by atoms with Crippen molar-refractivity contribution in [1.82, 2.24) is 10.2 Å². The van der Waals surface area contributed by atoms with Crippen LogP contribution in [0.15, 0.2) is 36.4 Å². The van der Waals surface area contributed by atoms with E-state index in [1.165, 1.54) is 9.21 Å². The number of halogens is 2. The van der Waals surface area contributed by atoms with E-state index in [4.69, 9.17) is 23.2 Å². The number of benzene rings is 2. The molecule has 0 saturated heterocycles. The highest BCUT2D eigenvalue weighted by Crippen LogP contribution is 2.26. The number of aryl methyl sites for hydroxylation is 1. The molecule has 2 aromatic rings. The minimum atomic E-state index is -3.56. The minimum Gasteiger partial charge on any atom is -0.352 e. The zero-order valence-electron chi connectivity index (χ0n) is 22.3. The summed E-state index contributed by atoms with van der Waals surface area (Å²) in [5.74, 6) is -0.511. The fourth-order valence-electron chi connectivity index (χ4n) is 3.87. The van der Waals surface area contributed by atoms with Crippen LogP contribution in [-0.4, -0.2) is 50.0 Å². The van der Waals surface area contributed by atoms with Crippen molar-refractivity contribution in [3.05, 3.63) is 63.1 Å². The summed E-state index contributed by atoms with van der Waals surface area (Å²) in [5, 5.41) is 3.69. The Morgan fingerprint density at radius 2 is 1.73 bits per heavy atom. The molecule has 0 heterocycles. The maximum Gasteiger partial charge on any atom is 0.242 e. The lowest BCUT2D eigenvalue weighted by molar-refractivity contribution is -0.140. The fourth-order valence-corrected chi connectivity index (χ4v) is 5.21. The molecule has 37 heavy (non-hydrogen) atoms. The summed E-state index contributed by atoms with van der Waals surface area (Å²) in [7, 11) is -3.56. The van der Waals surface area contributed by atoms with Gasteiger partial charge in [0.25, 0.3) is 0 Å². The summed E-state index contributed by atoms with van der Waals surface area (Å²) in [6.07, 6.45) is 2.28. The molecule has 0 aliphatic carbocycles. The van der Waals surface area contributed by atoms with Crippen LogP contribution in [0, 0.1) is 13.8 Å². The second-order valence-corrected chi connectivity index (χ2v) is 12.1. The zero-order valence-corrected chi connectivity index (χ0v) is 24.7. The highest BCUT2D eigenvalue weighted by atomic mass is 35.5. The van der Waals surface area contributed by atoms with Crippen LogP contribution in [0.4, 0.5) is 5.69 Å². The van der Waals surface area contributed by atoms with Gasteiger partial charge in [-0.25, -0.2) is 8.42 Å². The molecule has 0 bridgehead atoms. The van der Waals surface area contributed by atoms with Crippen molar-refractivity contribution in [2.24, 2.45) is 0 Å². The quantitative estimate of drug-likeness (QED) is 0.366. The molecule has 0 fully saturated rings. The molecular weight excluding hydrogens is 533 g/mol. The highest BCUT2D eigenvalue weighted by Gasteiger charge is 2.27. The van der Waals surface area contributed by atoms with Crippen molar-refractivity contribution in [3.63, 3.8) is 0 Å². The number of carbonyl (C=O) groups excluding carboxylic acids is 2. The van der Waals surface area contributed by atoms with E-state index in [0.29, 0.717) is 15.7 Å². The number of nitrogens with zero attached hydrogens (tertiary/aromatic N) is 2. The molecule has 10 heteroatoms. The Balaban J connectivity index is 2.24. The lowest BCUT2D eigenvalue weighted by atomic mass is 10.1. The first kappa shape index (κ1) is 30.9. The van der Waals surface area contributed by atoms with Gasteiger partial charge in [-0.1, -0.05) is 48.3 Å². The SMILES string of the molecule is CC[C@@H](C)NC(=O)[C@H](C)N(Cc1ccc(Cl)c(Cl)c1)C(=O)CCCN(c1cccc(C)c1C)S(C)(=O)=O. The minimum absolute atomic E-state index is 0.0298. The molecule has 0 radical (unpaired) electrons. The van der Waals surface area contributed by atoms with Crippen LogP contribution in [0.25, 0.3) is 0 Å². The smallest absolute Gasteiger partial charge is 0.242 e. The van der Waals surface area contributed by atoms with E-state index in [-0.39, 0.29) is 43.8 Å². The molecule has 0 aromatic heterocycles. The summed E-state index contributed by atoms with van der Waals surface area (Å²) in [5.41, 5.74) is 3.19. The molecule has 7 nitrogen and oxygen atoms in total. The van der Waals surface area contributed by atoms with Crippen LogP contribution in [0.3, 0.4) is 0 Å². The number of sulfonamides is 1. The first-order valence-corrected chi connectivity index (χ1v) is 14.9. The van der Waals surface area contributed by atoms with E-state index in [1.807, 2.05) is 39.8 Å². The van der Waals surface area contributed by atoms with Crippen molar-refractivity contribution in [2.45, 2.75) is 72.5 Å². The Morgan fingerprint density at radius 1 is 1.05 bits per heavy atom. The van der Waals surface area contributed by atoms with Gasteiger partial charge in [-0.2, -0.15) is 0 Å². The first-order valence-electron chi connectivity index (χ1n) is 12.3. The van der Waals surface area contributed by atoms with Crippen LogP contribution in [0.2, 0.25) is 10.0 Å². The molecular formula is C27H37Cl2N3O4S. The molecule has 2 atom stereocenters. The maximum atomic E-state index is 13.4. The standard InChI is InChI=1S/C27H37Cl2N3O4S/c1-7-19(3)30-27(34)21(5)31(17-22-13-14-23(28)24(29)16-22)26(33)12-9-15-32(37(6,35)36)25-11-8-10-18(2)20(25)4/h8,10-11,13-14,16,19,21H,7,9,12,15,17H2,1-6H3,(H,30,34)/t19-,21+/m1/s1. The lowest BCUT2D eigenvalue weighted by Gasteiger charge is -2.30. The van der Waals surface area contributed by atoms with E-state index >= 15 is 0 Å². The number of anilines is 1. The van der Waals surface area contributed by atoms with Crippen molar-refractivity contribution in [1.29, 1.82) is 0 Å². The summed E-state index contributed by atoms with van der Waals surface area (Å²) in [4.78, 5) is 27.8. The summed E-state index contributed by atoms with van der Waals surface area (Å²) in [6, 6.07) is 9.84. The third kappa shape index (κ3) is 8.62. The van der Waals surface area contributed by atoms with Gasteiger partial charge in [-0.15, -0.1) is 0 Å². The Bertz CT molecular complexity index is 1220. The van der Waals surface area contributed by atoms with Crippen LogP contribution in [-0.2, 0) is 26.2 Å². The van der Waals surface area contributed by atoms with Crippen LogP contribution < -0.4 is 9.62 Å². The van der Waals surface area contributed by atoms with Gasteiger partial charge in [0.1, 0.15) is 6.04 Å². The van der Waals surface area contributed by atoms with Crippen LogP contribution in [0.1, 0.15) is 56.7 Å². The Kier molecular flexibility index (Phi) is 11.3. The molecule has 2 rings (SSSR count). The molecule has 0 spiro atoms. The maximum absolute atomic E-state index is 13.4. The van der Waals surface area contributed by atoms with Gasteiger partial charge in [0.05, 0.1) is 22.0 Å². The first-order chi connectivity index (χ1) is 17.3. The monoisotopic (exact) mass is 569 g/mol. The number of rotatable bonds is 12. The lowest BCUT2D eigenvalue weighted by Crippen LogP contribution is -2.49. The van der Waals surface area contributed by atoms with E-state index < -0.39 is 16.1 Å². The van der Waals surface area contributed by atoms with E-state index in [2.05, 4.69) is 5.32 Å². The van der Waals surface area contributed by atoms with E-state index in [0.717, 1.165) is 29.4 Å².